The lowest BCUT2D eigenvalue weighted by atomic mass is 10.1. The smallest absolute Gasteiger partial charge is 0.119 e. The average Bonchev–Trinajstić information content (AvgIpc) is 2.51. The molecule has 112 valence electrons. The lowest BCUT2D eigenvalue weighted by Gasteiger charge is -2.28. The standard InChI is InChI=1S/C16H20BrN3O/c1-20(11-12-5-3-4-8-19-12)16(10-18)14-9-13(21-2)6-7-15(14)17/h3-9,16H,10-11,18H2,1-2H3. The van der Waals surface area contributed by atoms with E-state index in [9.17, 15) is 0 Å². The predicted octanol–water partition coefficient (Wildman–Crippen LogP) is 2.98. The van der Waals surface area contributed by atoms with Crippen molar-refractivity contribution in [3.63, 3.8) is 0 Å². The number of halogens is 1. The lowest BCUT2D eigenvalue weighted by molar-refractivity contribution is 0.238. The van der Waals surface area contributed by atoms with E-state index >= 15 is 0 Å². The van der Waals surface area contributed by atoms with Crippen molar-refractivity contribution in [3.8, 4) is 5.75 Å². The molecule has 0 aliphatic carbocycles. The van der Waals surface area contributed by atoms with Crippen LogP contribution in [0.4, 0.5) is 0 Å². The number of ether oxygens (including phenoxy) is 1. The summed E-state index contributed by atoms with van der Waals surface area (Å²) >= 11 is 3.60. The van der Waals surface area contributed by atoms with E-state index in [-0.39, 0.29) is 6.04 Å². The average molecular weight is 350 g/mol. The van der Waals surface area contributed by atoms with Gasteiger partial charge in [-0.15, -0.1) is 0 Å². The number of nitrogens with two attached hydrogens (primary N) is 1. The third kappa shape index (κ3) is 4.03. The number of pyridine rings is 1. The fraction of sp³-hybridized carbons (Fsp3) is 0.312. The molecular weight excluding hydrogens is 330 g/mol. The van der Waals surface area contributed by atoms with Gasteiger partial charge in [0.15, 0.2) is 0 Å². The summed E-state index contributed by atoms with van der Waals surface area (Å²) < 4.78 is 6.34. The molecule has 0 bridgehead atoms. The van der Waals surface area contributed by atoms with Crippen molar-refractivity contribution in [1.82, 2.24) is 9.88 Å². The summed E-state index contributed by atoms with van der Waals surface area (Å²) in [5.41, 5.74) is 8.14. The van der Waals surface area contributed by atoms with Crippen LogP contribution in [-0.4, -0.2) is 30.6 Å². The molecule has 1 aromatic carbocycles. The molecule has 0 fully saturated rings. The van der Waals surface area contributed by atoms with Crippen LogP contribution in [0.1, 0.15) is 17.3 Å². The quantitative estimate of drug-likeness (QED) is 0.870. The Balaban J connectivity index is 2.22. The van der Waals surface area contributed by atoms with E-state index in [1.165, 1.54) is 0 Å². The maximum Gasteiger partial charge on any atom is 0.119 e. The van der Waals surface area contributed by atoms with Crippen LogP contribution >= 0.6 is 15.9 Å². The van der Waals surface area contributed by atoms with Crippen molar-refractivity contribution in [3.05, 3.63) is 58.3 Å². The summed E-state index contributed by atoms with van der Waals surface area (Å²) in [5.74, 6) is 0.831. The van der Waals surface area contributed by atoms with Gasteiger partial charge in [-0.1, -0.05) is 22.0 Å². The van der Waals surface area contributed by atoms with E-state index in [4.69, 9.17) is 10.5 Å². The van der Waals surface area contributed by atoms with Gasteiger partial charge in [0, 0.05) is 29.8 Å². The monoisotopic (exact) mass is 349 g/mol. The van der Waals surface area contributed by atoms with Crippen LogP contribution in [0, 0.1) is 0 Å². The number of hydrogen-bond acceptors (Lipinski definition) is 4. The van der Waals surface area contributed by atoms with Crippen LogP contribution in [-0.2, 0) is 6.54 Å². The Kier molecular flexibility index (Phi) is 5.73. The predicted molar refractivity (Wildman–Crippen MR) is 88.2 cm³/mol. The molecule has 0 spiro atoms. The highest BCUT2D eigenvalue weighted by atomic mass is 79.9. The van der Waals surface area contributed by atoms with Gasteiger partial charge in [-0.3, -0.25) is 9.88 Å². The Hall–Kier alpha value is -1.43. The first-order valence-electron chi connectivity index (χ1n) is 6.79. The number of likely N-dealkylation sites (N-methyl/N-ethyl adjacent to an activating group) is 1. The summed E-state index contributed by atoms with van der Waals surface area (Å²) in [6.07, 6.45) is 1.81. The number of hydrogen-bond donors (Lipinski definition) is 1. The lowest BCUT2D eigenvalue weighted by Crippen LogP contribution is -2.30. The molecule has 1 aromatic heterocycles. The van der Waals surface area contributed by atoms with E-state index in [1.807, 2.05) is 42.6 Å². The van der Waals surface area contributed by atoms with Crippen molar-refractivity contribution in [1.29, 1.82) is 0 Å². The maximum absolute atomic E-state index is 6.00. The van der Waals surface area contributed by atoms with Gasteiger partial charge in [0.2, 0.25) is 0 Å². The zero-order valence-electron chi connectivity index (χ0n) is 12.3. The molecule has 0 aliphatic rings. The molecule has 1 heterocycles. The van der Waals surface area contributed by atoms with E-state index in [1.54, 1.807) is 7.11 Å². The first kappa shape index (κ1) is 15.9. The van der Waals surface area contributed by atoms with E-state index < -0.39 is 0 Å². The van der Waals surface area contributed by atoms with Gasteiger partial charge in [-0.2, -0.15) is 0 Å². The van der Waals surface area contributed by atoms with E-state index in [2.05, 4.69) is 32.9 Å². The highest BCUT2D eigenvalue weighted by molar-refractivity contribution is 9.10. The van der Waals surface area contributed by atoms with Gasteiger partial charge >= 0.3 is 0 Å². The second kappa shape index (κ2) is 7.54. The second-order valence-electron chi connectivity index (χ2n) is 4.88. The third-order valence-electron chi connectivity index (χ3n) is 3.46. The zero-order chi connectivity index (χ0) is 15.2. The minimum Gasteiger partial charge on any atom is -0.497 e. The first-order chi connectivity index (χ1) is 10.2. The number of methoxy groups -OCH3 is 1. The summed E-state index contributed by atoms with van der Waals surface area (Å²) in [5, 5.41) is 0. The largest absolute Gasteiger partial charge is 0.497 e. The highest BCUT2D eigenvalue weighted by Crippen LogP contribution is 2.30. The van der Waals surface area contributed by atoms with Crippen LogP contribution in [0.3, 0.4) is 0 Å². The first-order valence-corrected chi connectivity index (χ1v) is 7.58. The molecule has 4 nitrogen and oxygen atoms in total. The molecule has 2 rings (SSSR count). The van der Waals surface area contributed by atoms with Gasteiger partial charge < -0.3 is 10.5 Å². The number of benzene rings is 1. The highest BCUT2D eigenvalue weighted by Gasteiger charge is 2.19. The molecule has 0 aliphatic heterocycles. The summed E-state index contributed by atoms with van der Waals surface area (Å²) in [6.45, 7) is 1.27. The van der Waals surface area contributed by atoms with Crippen LogP contribution in [0.25, 0.3) is 0 Å². The van der Waals surface area contributed by atoms with E-state index in [0.717, 1.165) is 28.0 Å². The van der Waals surface area contributed by atoms with Crippen LogP contribution < -0.4 is 10.5 Å². The van der Waals surface area contributed by atoms with Crippen molar-refractivity contribution in [2.45, 2.75) is 12.6 Å². The van der Waals surface area contributed by atoms with Gasteiger partial charge in [-0.05, 0) is 42.9 Å². The zero-order valence-corrected chi connectivity index (χ0v) is 13.9. The fourth-order valence-electron chi connectivity index (χ4n) is 2.31. The molecule has 0 radical (unpaired) electrons. The Labute approximate surface area is 134 Å². The molecule has 2 aromatic rings. The molecule has 0 saturated heterocycles. The van der Waals surface area contributed by atoms with Gasteiger partial charge in [0.1, 0.15) is 5.75 Å². The summed E-state index contributed by atoms with van der Waals surface area (Å²) in [6, 6.07) is 12.0. The minimum atomic E-state index is 0.0940. The van der Waals surface area contributed by atoms with E-state index in [0.29, 0.717) is 6.54 Å². The number of nitrogens with zero attached hydrogens (tertiary/aromatic N) is 2. The topological polar surface area (TPSA) is 51.4 Å². The van der Waals surface area contributed by atoms with Gasteiger partial charge in [0.25, 0.3) is 0 Å². The molecule has 0 saturated carbocycles. The van der Waals surface area contributed by atoms with Crippen molar-refractivity contribution in [2.24, 2.45) is 5.73 Å². The second-order valence-corrected chi connectivity index (χ2v) is 5.73. The molecule has 5 heteroatoms. The Morgan fingerprint density at radius 1 is 1.33 bits per heavy atom. The minimum absolute atomic E-state index is 0.0940. The molecule has 1 unspecified atom stereocenters. The number of aromatic nitrogens is 1. The summed E-state index contributed by atoms with van der Waals surface area (Å²) in [4.78, 5) is 6.56. The third-order valence-corrected chi connectivity index (χ3v) is 4.18. The normalized spacial score (nSPS) is 12.4. The van der Waals surface area contributed by atoms with Gasteiger partial charge in [-0.25, -0.2) is 0 Å². The number of rotatable bonds is 6. The van der Waals surface area contributed by atoms with Gasteiger partial charge in [0.05, 0.1) is 12.8 Å². The molecule has 2 N–H and O–H groups in total. The van der Waals surface area contributed by atoms with Crippen LogP contribution in [0.5, 0.6) is 5.75 Å². The maximum atomic E-state index is 6.00. The Morgan fingerprint density at radius 3 is 2.76 bits per heavy atom. The molecule has 0 amide bonds. The van der Waals surface area contributed by atoms with Crippen molar-refractivity contribution >= 4 is 15.9 Å². The Bertz CT molecular complexity index is 577. The van der Waals surface area contributed by atoms with Crippen LogP contribution in [0.2, 0.25) is 0 Å². The summed E-state index contributed by atoms with van der Waals surface area (Å²) in [7, 11) is 3.72. The van der Waals surface area contributed by atoms with Crippen molar-refractivity contribution in [2.75, 3.05) is 20.7 Å². The Morgan fingerprint density at radius 2 is 2.14 bits per heavy atom. The fourth-order valence-corrected chi connectivity index (χ4v) is 2.82. The molecule has 1 atom stereocenters. The SMILES string of the molecule is COc1ccc(Br)c(C(CN)N(C)Cc2ccccn2)c1. The van der Waals surface area contributed by atoms with Crippen molar-refractivity contribution < 1.29 is 4.74 Å². The van der Waals surface area contributed by atoms with Crippen LogP contribution in [0.15, 0.2) is 47.1 Å². The molecule has 21 heavy (non-hydrogen) atoms. The molecular formula is C16H20BrN3O.